The number of halogens is 1. The normalized spacial score (nSPS) is 10.8. The maximum absolute atomic E-state index is 13.1. The average molecular weight is 440 g/mol. The number of pyridine rings is 1. The smallest absolute Gasteiger partial charge is 0.305 e. The van der Waals surface area contributed by atoms with Crippen LogP contribution in [0.4, 0.5) is 5.69 Å². The van der Waals surface area contributed by atoms with Gasteiger partial charge in [0, 0.05) is 11.1 Å². The number of benzene rings is 1. The van der Waals surface area contributed by atoms with Gasteiger partial charge in [0.25, 0.3) is 5.56 Å². The molecule has 0 atom stereocenters. The molecule has 0 unspecified atom stereocenters. The maximum atomic E-state index is 13.1. The number of nitro groups is 1. The number of hydrogen-bond donors (Lipinski definition) is 0. The van der Waals surface area contributed by atoms with Crippen molar-refractivity contribution in [1.29, 1.82) is 5.26 Å². The van der Waals surface area contributed by atoms with Crippen LogP contribution in [0.1, 0.15) is 11.5 Å². The minimum Gasteiger partial charge on any atom is -0.467 e. The fourth-order valence-corrected chi connectivity index (χ4v) is 3.79. The van der Waals surface area contributed by atoms with Gasteiger partial charge in [-0.25, -0.2) is 9.97 Å². The Morgan fingerprint density at radius 1 is 1.27 bits per heavy atom. The number of nitrogens with zero attached hydrogens (tertiary/aromatic N) is 5. The van der Waals surface area contributed by atoms with Crippen LogP contribution in [0.2, 0.25) is 5.02 Å². The predicted octanol–water partition coefficient (Wildman–Crippen LogP) is 4.02. The molecule has 0 saturated carbocycles. The van der Waals surface area contributed by atoms with Gasteiger partial charge < -0.3 is 4.42 Å². The molecule has 4 aromatic rings. The number of rotatable bonds is 5. The van der Waals surface area contributed by atoms with E-state index in [0.717, 1.165) is 11.8 Å². The van der Waals surface area contributed by atoms with E-state index in [9.17, 15) is 20.2 Å². The van der Waals surface area contributed by atoms with Crippen LogP contribution >= 0.6 is 23.4 Å². The number of hydrogen-bond acceptors (Lipinski definition) is 8. The van der Waals surface area contributed by atoms with Gasteiger partial charge in [0.2, 0.25) is 5.69 Å². The molecule has 0 aliphatic carbocycles. The van der Waals surface area contributed by atoms with E-state index in [1.165, 1.54) is 23.0 Å². The Hall–Kier alpha value is -3.68. The van der Waals surface area contributed by atoms with E-state index in [-0.39, 0.29) is 28.0 Å². The zero-order valence-corrected chi connectivity index (χ0v) is 16.6. The summed E-state index contributed by atoms with van der Waals surface area (Å²) in [7, 11) is 0. The van der Waals surface area contributed by atoms with Crippen molar-refractivity contribution in [3.63, 3.8) is 0 Å². The molecule has 0 amide bonds. The molecule has 30 heavy (non-hydrogen) atoms. The minimum absolute atomic E-state index is 0.123. The van der Waals surface area contributed by atoms with Crippen molar-refractivity contribution >= 4 is 40.0 Å². The lowest BCUT2D eigenvalue weighted by Crippen LogP contribution is -2.23. The highest BCUT2D eigenvalue weighted by molar-refractivity contribution is 7.99. The van der Waals surface area contributed by atoms with Crippen LogP contribution in [0, 0.1) is 21.4 Å². The standard InChI is InChI=1S/C19H10ClN5O4S/c20-11-3-4-13-14(8-11)23-19(24(18(13)26)10-12-2-1-7-29-12)30-17-6-5-16(25(27)28)15(9-21)22-17/h1-8H,10H2. The second-order valence-corrected chi connectivity index (χ2v) is 7.44. The van der Waals surface area contributed by atoms with Crippen LogP contribution in [0.15, 0.2) is 68.1 Å². The molecule has 4 rings (SSSR count). The molecule has 0 radical (unpaired) electrons. The summed E-state index contributed by atoms with van der Waals surface area (Å²) in [5.74, 6) is 0.545. The first-order chi connectivity index (χ1) is 14.5. The molecule has 3 aromatic heterocycles. The first-order valence-corrected chi connectivity index (χ1v) is 9.61. The Morgan fingerprint density at radius 3 is 2.80 bits per heavy atom. The van der Waals surface area contributed by atoms with E-state index in [4.69, 9.17) is 16.0 Å². The molecular formula is C19H10ClN5O4S. The van der Waals surface area contributed by atoms with Crippen molar-refractivity contribution in [3.05, 3.63) is 85.7 Å². The van der Waals surface area contributed by atoms with Gasteiger partial charge in [-0.2, -0.15) is 5.26 Å². The number of nitriles is 1. The molecule has 0 fully saturated rings. The van der Waals surface area contributed by atoms with Crippen molar-refractivity contribution in [2.45, 2.75) is 16.7 Å². The Bertz CT molecular complexity index is 1380. The van der Waals surface area contributed by atoms with Crippen molar-refractivity contribution in [2.75, 3.05) is 0 Å². The van der Waals surface area contributed by atoms with Gasteiger partial charge in [0.15, 0.2) is 5.16 Å². The molecule has 148 valence electrons. The van der Waals surface area contributed by atoms with E-state index in [1.807, 2.05) is 0 Å². The van der Waals surface area contributed by atoms with E-state index >= 15 is 0 Å². The minimum atomic E-state index is -0.677. The van der Waals surface area contributed by atoms with Gasteiger partial charge in [0.05, 0.1) is 28.6 Å². The zero-order valence-electron chi connectivity index (χ0n) is 15.0. The number of aromatic nitrogens is 3. The molecule has 0 saturated heterocycles. The van der Waals surface area contributed by atoms with Crippen molar-refractivity contribution < 1.29 is 9.34 Å². The fraction of sp³-hybridized carbons (Fsp3) is 0.0526. The summed E-state index contributed by atoms with van der Waals surface area (Å²) in [6.45, 7) is 0.123. The molecule has 11 heteroatoms. The van der Waals surface area contributed by atoms with Crippen LogP contribution < -0.4 is 5.56 Å². The largest absolute Gasteiger partial charge is 0.467 e. The first kappa shape index (κ1) is 19.6. The first-order valence-electron chi connectivity index (χ1n) is 8.42. The highest BCUT2D eigenvalue weighted by Crippen LogP contribution is 2.29. The van der Waals surface area contributed by atoms with E-state index in [1.54, 1.807) is 36.4 Å². The Labute approximate surface area is 177 Å². The SMILES string of the molecule is N#Cc1nc(Sc2nc3cc(Cl)ccc3c(=O)n2Cc2ccco2)ccc1[N+](=O)[O-]. The number of fused-ring (bicyclic) bond motifs is 1. The third kappa shape index (κ3) is 3.76. The van der Waals surface area contributed by atoms with Crippen molar-refractivity contribution in [1.82, 2.24) is 14.5 Å². The molecule has 9 nitrogen and oxygen atoms in total. The van der Waals surface area contributed by atoms with E-state index in [2.05, 4.69) is 9.97 Å². The van der Waals surface area contributed by atoms with Crippen molar-refractivity contribution in [3.8, 4) is 6.07 Å². The van der Waals surface area contributed by atoms with Crippen molar-refractivity contribution in [2.24, 2.45) is 0 Å². The number of furan rings is 1. The van der Waals surface area contributed by atoms with Gasteiger partial charge in [-0.3, -0.25) is 19.5 Å². The van der Waals surface area contributed by atoms with Gasteiger partial charge >= 0.3 is 5.69 Å². The molecule has 0 aliphatic rings. The summed E-state index contributed by atoms with van der Waals surface area (Å²) in [5.41, 5.74) is -0.632. The quantitative estimate of drug-likeness (QED) is 0.259. The summed E-state index contributed by atoms with van der Waals surface area (Å²) in [6, 6.07) is 12.5. The summed E-state index contributed by atoms with van der Waals surface area (Å²) in [4.78, 5) is 32.0. The van der Waals surface area contributed by atoms with E-state index in [0.29, 0.717) is 21.7 Å². The Balaban J connectivity index is 1.85. The Morgan fingerprint density at radius 2 is 2.10 bits per heavy atom. The van der Waals surface area contributed by atoms with Crippen LogP contribution in [-0.4, -0.2) is 19.5 Å². The van der Waals surface area contributed by atoms with Gasteiger partial charge in [0.1, 0.15) is 16.9 Å². The topological polar surface area (TPSA) is 128 Å². The summed E-state index contributed by atoms with van der Waals surface area (Å²) in [6.07, 6.45) is 1.50. The van der Waals surface area contributed by atoms with Crippen LogP contribution in [0.3, 0.4) is 0 Å². The van der Waals surface area contributed by atoms with Crippen LogP contribution in [-0.2, 0) is 6.54 Å². The second-order valence-electron chi connectivity index (χ2n) is 6.01. The third-order valence-corrected chi connectivity index (χ3v) is 5.29. The van der Waals surface area contributed by atoms with Crippen LogP contribution in [0.25, 0.3) is 10.9 Å². The molecule has 0 bridgehead atoms. The summed E-state index contributed by atoms with van der Waals surface area (Å²) in [5, 5.41) is 21.6. The zero-order chi connectivity index (χ0) is 21.3. The molecular weight excluding hydrogens is 430 g/mol. The van der Waals surface area contributed by atoms with Crippen LogP contribution in [0.5, 0.6) is 0 Å². The van der Waals surface area contributed by atoms with Gasteiger partial charge in [-0.1, -0.05) is 11.6 Å². The Kier molecular flexibility index (Phi) is 5.22. The maximum Gasteiger partial charge on any atom is 0.305 e. The highest BCUT2D eigenvalue weighted by atomic mass is 35.5. The average Bonchev–Trinajstić information content (AvgIpc) is 3.23. The predicted molar refractivity (Wildman–Crippen MR) is 109 cm³/mol. The van der Waals surface area contributed by atoms with Gasteiger partial charge in [-0.05, 0) is 48.2 Å². The highest BCUT2D eigenvalue weighted by Gasteiger charge is 2.19. The summed E-state index contributed by atoms with van der Waals surface area (Å²) < 4.78 is 6.77. The molecule has 0 N–H and O–H groups in total. The summed E-state index contributed by atoms with van der Waals surface area (Å²) >= 11 is 7.05. The lowest BCUT2D eigenvalue weighted by atomic mass is 10.2. The molecule has 1 aromatic carbocycles. The monoisotopic (exact) mass is 439 g/mol. The van der Waals surface area contributed by atoms with Gasteiger partial charge in [-0.15, -0.1) is 0 Å². The fourth-order valence-electron chi connectivity index (χ4n) is 2.76. The van der Waals surface area contributed by atoms with E-state index < -0.39 is 10.6 Å². The molecule has 3 heterocycles. The molecule has 0 spiro atoms. The lowest BCUT2D eigenvalue weighted by molar-refractivity contribution is -0.385. The third-order valence-electron chi connectivity index (χ3n) is 4.12. The second kappa shape index (κ2) is 7.98. The lowest BCUT2D eigenvalue weighted by Gasteiger charge is -2.12. The molecule has 0 aliphatic heterocycles.